The number of aromatic amines is 1. The van der Waals surface area contributed by atoms with Gasteiger partial charge in [-0.05, 0) is 19.3 Å². The zero-order valence-electron chi connectivity index (χ0n) is 10.4. The molecule has 0 spiro atoms. The van der Waals surface area contributed by atoms with Crippen molar-refractivity contribution in [1.29, 1.82) is 0 Å². The van der Waals surface area contributed by atoms with Crippen molar-refractivity contribution >= 4 is 11.2 Å². The van der Waals surface area contributed by atoms with Crippen LogP contribution in [0.25, 0.3) is 11.2 Å². The number of fused-ring (bicyclic) bond motifs is 1. The molecule has 0 amide bonds. The van der Waals surface area contributed by atoms with Crippen molar-refractivity contribution in [2.45, 2.75) is 57.9 Å². The van der Waals surface area contributed by atoms with Crippen molar-refractivity contribution in [3.8, 4) is 0 Å². The number of nitrogens with zero attached hydrogens (tertiary/aromatic N) is 3. The van der Waals surface area contributed by atoms with E-state index in [1.165, 1.54) is 37.9 Å². The van der Waals surface area contributed by atoms with Crippen LogP contribution in [0.15, 0.2) is 6.20 Å². The Balaban J connectivity index is 1.90. The summed E-state index contributed by atoms with van der Waals surface area (Å²) in [6, 6.07) is 0. The molecule has 4 heteroatoms. The van der Waals surface area contributed by atoms with E-state index in [9.17, 15) is 0 Å². The molecule has 0 saturated heterocycles. The number of imidazole rings is 1. The molecule has 2 heterocycles. The second-order valence-corrected chi connectivity index (χ2v) is 5.06. The maximum atomic E-state index is 4.76. The molecule has 4 nitrogen and oxygen atoms in total. The average Bonchev–Trinajstić information content (AvgIpc) is 2.93. The molecule has 1 saturated carbocycles. The summed E-state index contributed by atoms with van der Waals surface area (Å²) in [5, 5.41) is 4.35. The van der Waals surface area contributed by atoms with Gasteiger partial charge >= 0.3 is 0 Å². The molecular formula is C13H20N4. The summed E-state index contributed by atoms with van der Waals surface area (Å²) in [4.78, 5) is 8.21. The van der Waals surface area contributed by atoms with Crippen LogP contribution in [0, 0.1) is 0 Å². The van der Waals surface area contributed by atoms with E-state index in [2.05, 4.69) is 17.0 Å². The lowest BCUT2D eigenvalue weighted by atomic mass is 9.89. The first-order chi connectivity index (χ1) is 8.38. The highest BCUT2D eigenvalue weighted by Crippen LogP contribution is 2.31. The number of H-pyrrole nitrogens is 1. The molecule has 3 rings (SSSR count). The quantitative estimate of drug-likeness (QED) is 0.883. The minimum atomic E-state index is 0.645. The van der Waals surface area contributed by atoms with Crippen molar-refractivity contribution in [3.05, 3.63) is 12.0 Å². The third-order valence-electron chi connectivity index (χ3n) is 3.73. The summed E-state index contributed by atoms with van der Waals surface area (Å²) >= 11 is 0. The van der Waals surface area contributed by atoms with Gasteiger partial charge in [0.25, 0.3) is 0 Å². The summed E-state index contributed by atoms with van der Waals surface area (Å²) in [6.45, 7) is 3.13. The molecule has 0 aromatic carbocycles. The van der Waals surface area contributed by atoms with Gasteiger partial charge in [0, 0.05) is 12.5 Å². The smallest absolute Gasteiger partial charge is 0.176 e. The lowest BCUT2D eigenvalue weighted by molar-refractivity contribution is 0.431. The van der Waals surface area contributed by atoms with Gasteiger partial charge in [0.15, 0.2) is 5.65 Å². The molecule has 0 radical (unpaired) electrons. The van der Waals surface area contributed by atoms with Gasteiger partial charge in [-0.1, -0.05) is 26.2 Å². The van der Waals surface area contributed by atoms with Crippen molar-refractivity contribution < 1.29 is 0 Å². The number of aryl methyl sites for hydroxylation is 1. The third kappa shape index (κ3) is 1.96. The Kier molecular flexibility index (Phi) is 2.87. The fourth-order valence-corrected chi connectivity index (χ4v) is 2.81. The average molecular weight is 232 g/mol. The summed E-state index contributed by atoms with van der Waals surface area (Å²) in [6.07, 6.45) is 9.67. The molecule has 0 atom stereocenters. The van der Waals surface area contributed by atoms with Gasteiger partial charge in [-0.2, -0.15) is 5.10 Å². The number of nitrogens with one attached hydrogen (secondary N) is 1. The molecule has 1 fully saturated rings. The normalized spacial score (nSPS) is 17.9. The van der Waals surface area contributed by atoms with Crippen LogP contribution in [0.5, 0.6) is 0 Å². The lowest BCUT2D eigenvalue weighted by Crippen LogP contribution is -2.06. The van der Waals surface area contributed by atoms with E-state index in [0.717, 1.165) is 24.1 Å². The largest absolute Gasteiger partial charge is 0.339 e. The Hall–Kier alpha value is -1.32. The SMILES string of the molecule is CCCn1ncc2[nH]c(C3CCCCC3)nc21. The first-order valence-electron chi connectivity index (χ1n) is 6.80. The highest BCUT2D eigenvalue weighted by molar-refractivity contribution is 5.70. The van der Waals surface area contributed by atoms with Gasteiger partial charge in [0.1, 0.15) is 11.3 Å². The second-order valence-electron chi connectivity index (χ2n) is 5.06. The predicted molar refractivity (Wildman–Crippen MR) is 68.0 cm³/mol. The van der Waals surface area contributed by atoms with Crippen LogP contribution >= 0.6 is 0 Å². The van der Waals surface area contributed by atoms with E-state index in [-0.39, 0.29) is 0 Å². The van der Waals surface area contributed by atoms with E-state index in [4.69, 9.17) is 4.98 Å². The summed E-state index contributed by atoms with van der Waals surface area (Å²) < 4.78 is 2.01. The highest BCUT2D eigenvalue weighted by atomic mass is 15.3. The van der Waals surface area contributed by atoms with E-state index < -0.39 is 0 Å². The Labute approximate surface area is 101 Å². The Morgan fingerprint density at radius 3 is 2.94 bits per heavy atom. The Morgan fingerprint density at radius 2 is 2.18 bits per heavy atom. The molecule has 0 bridgehead atoms. The van der Waals surface area contributed by atoms with Crippen molar-refractivity contribution in [2.24, 2.45) is 0 Å². The first-order valence-corrected chi connectivity index (χ1v) is 6.80. The topological polar surface area (TPSA) is 46.5 Å². The van der Waals surface area contributed by atoms with Gasteiger partial charge in [-0.25, -0.2) is 9.67 Å². The van der Waals surface area contributed by atoms with Crippen molar-refractivity contribution in [1.82, 2.24) is 19.7 Å². The zero-order valence-corrected chi connectivity index (χ0v) is 10.4. The lowest BCUT2D eigenvalue weighted by Gasteiger charge is -2.19. The van der Waals surface area contributed by atoms with Crippen LogP contribution in [0.3, 0.4) is 0 Å². The standard InChI is InChI=1S/C13H20N4/c1-2-8-17-13-11(9-14-17)15-12(16-13)10-6-4-3-5-7-10/h9-10H,2-8H2,1H3,(H,15,16). The molecule has 1 aliphatic rings. The summed E-state index contributed by atoms with van der Waals surface area (Å²) in [7, 11) is 0. The van der Waals surface area contributed by atoms with Crippen LogP contribution < -0.4 is 0 Å². The molecule has 0 aliphatic heterocycles. The van der Waals surface area contributed by atoms with Gasteiger partial charge in [0.2, 0.25) is 0 Å². The highest BCUT2D eigenvalue weighted by Gasteiger charge is 2.19. The van der Waals surface area contributed by atoms with Crippen LogP contribution in [0.2, 0.25) is 0 Å². The van der Waals surface area contributed by atoms with E-state index in [1.54, 1.807) is 0 Å². The summed E-state index contributed by atoms with van der Waals surface area (Å²) in [5.74, 6) is 1.83. The molecule has 2 aromatic heterocycles. The van der Waals surface area contributed by atoms with Gasteiger partial charge in [-0.15, -0.1) is 0 Å². The maximum absolute atomic E-state index is 4.76. The first kappa shape index (κ1) is 10.8. The fraction of sp³-hybridized carbons (Fsp3) is 0.692. The third-order valence-corrected chi connectivity index (χ3v) is 3.73. The van der Waals surface area contributed by atoms with Crippen molar-refractivity contribution in [2.75, 3.05) is 0 Å². The molecule has 1 N–H and O–H groups in total. The fourth-order valence-electron chi connectivity index (χ4n) is 2.81. The molecule has 2 aromatic rings. The Morgan fingerprint density at radius 1 is 1.35 bits per heavy atom. The molecule has 17 heavy (non-hydrogen) atoms. The Bertz CT molecular complexity index is 490. The molecule has 92 valence electrons. The van der Waals surface area contributed by atoms with E-state index >= 15 is 0 Å². The van der Waals surface area contributed by atoms with Crippen LogP contribution in [0.1, 0.15) is 57.2 Å². The van der Waals surface area contributed by atoms with Crippen LogP contribution in [-0.2, 0) is 6.54 Å². The zero-order chi connectivity index (χ0) is 11.7. The molecule has 0 unspecified atom stereocenters. The van der Waals surface area contributed by atoms with E-state index in [1.807, 2.05) is 10.9 Å². The molecule has 1 aliphatic carbocycles. The minimum absolute atomic E-state index is 0.645. The van der Waals surface area contributed by atoms with Crippen molar-refractivity contribution in [3.63, 3.8) is 0 Å². The number of hydrogen-bond donors (Lipinski definition) is 1. The predicted octanol–water partition coefficient (Wildman–Crippen LogP) is 3.22. The maximum Gasteiger partial charge on any atom is 0.176 e. The number of rotatable bonds is 3. The number of aromatic nitrogens is 4. The monoisotopic (exact) mass is 232 g/mol. The van der Waals surface area contributed by atoms with Gasteiger partial charge < -0.3 is 4.98 Å². The molecular weight excluding hydrogens is 212 g/mol. The van der Waals surface area contributed by atoms with Crippen LogP contribution in [-0.4, -0.2) is 19.7 Å². The minimum Gasteiger partial charge on any atom is -0.339 e. The van der Waals surface area contributed by atoms with Gasteiger partial charge in [-0.3, -0.25) is 0 Å². The summed E-state index contributed by atoms with van der Waals surface area (Å²) in [5.41, 5.74) is 2.13. The second kappa shape index (κ2) is 4.51. The van der Waals surface area contributed by atoms with Gasteiger partial charge in [0.05, 0.1) is 6.20 Å². The van der Waals surface area contributed by atoms with Crippen LogP contribution in [0.4, 0.5) is 0 Å². The van der Waals surface area contributed by atoms with E-state index in [0.29, 0.717) is 5.92 Å². The number of hydrogen-bond acceptors (Lipinski definition) is 2.